The molecule has 8 heteroatoms. The fourth-order valence-electron chi connectivity index (χ4n) is 1.66. The number of aliphatic carboxylic acids is 1. The highest BCUT2D eigenvalue weighted by Gasteiger charge is 2.58. The molecule has 0 aliphatic carbocycles. The van der Waals surface area contributed by atoms with Gasteiger partial charge in [-0.1, -0.05) is 0 Å². The molecule has 0 radical (unpaired) electrons. The van der Waals surface area contributed by atoms with E-state index in [0.717, 1.165) is 0 Å². The first-order valence-corrected chi connectivity index (χ1v) is 5.61. The van der Waals surface area contributed by atoms with Gasteiger partial charge >= 0.3 is 12.1 Å². The van der Waals surface area contributed by atoms with Crippen LogP contribution in [0.5, 0.6) is 0 Å². The van der Waals surface area contributed by atoms with Crippen LogP contribution in [0.15, 0.2) is 4.42 Å². The number of aryl methyl sites for hydroxylation is 2. The molecule has 1 aromatic heterocycles. The van der Waals surface area contributed by atoms with Gasteiger partial charge in [-0.25, -0.2) is 4.79 Å². The Morgan fingerprint density at radius 2 is 1.65 bits per heavy atom. The Kier molecular flexibility index (Phi) is 3.89. The van der Waals surface area contributed by atoms with Crippen LogP contribution in [0.1, 0.15) is 34.4 Å². The van der Waals surface area contributed by atoms with E-state index in [1.54, 1.807) is 6.92 Å². The first-order chi connectivity index (χ1) is 8.91. The molecule has 0 aliphatic heterocycles. The molecule has 20 heavy (non-hydrogen) atoms. The van der Waals surface area contributed by atoms with E-state index in [0.29, 0.717) is 18.2 Å². The van der Waals surface area contributed by atoms with Crippen LogP contribution < -0.4 is 5.32 Å². The van der Waals surface area contributed by atoms with Gasteiger partial charge in [0.15, 0.2) is 0 Å². The lowest BCUT2D eigenvalue weighted by Gasteiger charge is -2.28. The average Bonchev–Trinajstić information content (AvgIpc) is 2.50. The van der Waals surface area contributed by atoms with E-state index in [1.807, 2.05) is 0 Å². The smallest absolute Gasteiger partial charge is 0.422 e. The summed E-state index contributed by atoms with van der Waals surface area (Å²) in [6.45, 7) is 4.87. The average molecular weight is 293 g/mol. The van der Waals surface area contributed by atoms with Gasteiger partial charge in [0, 0.05) is 5.56 Å². The zero-order chi connectivity index (χ0) is 15.9. The molecule has 0 saturated heterocycles. The van der Waals surface area contributed by atoms with Gasteiger partial charge in [0.05, 0.1) is 5.56 Å². The van der Waals surface area contributed by atoms with Crippen molar-refractivity contribution >= 4 is 11.9 Å². The van der Waals surface area contributed by atoms with Gasteiger partial charge in [0.2, 0.25) is 5.54 Å². The number of carboxylic acids is 1. The second-order valence-corrected chi connectivity index (χ2v) is 4.60. The van der Waals surface area contributed by atoms with E-state index in [4.69, 9.17) is 9.52 Å². The van der Waals surface area contributed by atoms with Crippen molar-refractivity contribution in [2.75, 3.05) is 0 Å². The quantitative estimate of drug-likeness (QED) is 0.896. The number of hydrogen-bond acceptors (Lipinski definition) is 3. The first-order valence-electron chi connectivity index (χ1n) is 5.61. The van der Waals surface area contributed by atoms with Gasteiger partial charge in [-0.3, -0.25) is 4.79 Å². The Morgan fingerprint density at radius 3 is 1.95 bits per heavy atom. The summed E-state index contributed by atoms with van der Waals surface area (Å²) in [5.74, 6) is -2.81. The first kappa shape index (κ1) is 16.1. The minimum atomic E-state index is -5.13. The molecule has 1 atom stereocenters. The molecule has 1 amide bonds. The maximum Gasteiger partial charge on any atom is 0.422 e. The molecule has 0 saturated carbocycles. The molecule has 0 aromatic carbocycles. The summed E-state index contributed by atoms with van der Waals surface area (Å²) in [6, 6.07) is 0. The van der Waals surface area contributed by atoms with Gasteiger partial charge in [0.25, 0.3) is 5.91 Å². The van der Waals surface area contributed by atoms with Gasteiger partial charge in [-0.05, 0) is 27.7 Å². The van der Waals surface area contributed by atoms with Crippen molar-refractivity contribution in [2.45, 2.75) is 39.4 Å². The van der Waals surface area contributed by atoms with Crippen molar-refractivity contribution in [1.29, 1.82) is 0 Å². The Hall–Kier alpha value is -1.99. The summed E-state index contributed by atoms with van der Waals surface area (Å²) < 4.78 is 43.6. The van der Waals surface area contributed by atoms with E-state index in [2.05, 4.69) is 0 Å². The lowest BCUT2D eigenvalue weighted by Crippen LogP contribution is -2.62. The van der Waals surface area contributed by atoms with Crippen molar-refractivity contribution < 1.29 is 32.3 Å². The van der Waals surface area contributed by atoms with Crippen LogP contribution in [0.25, 0.3) is 0 Å². The third kappa shape index (κ3) is 2.50. The van der Waals surface area contributed by atoms with E-state index in [-0.39, 0.29) is 11.3 Å². The van der Waals surface area contributed by atoms with Crippen LogP contribution in [-0.2, 0) is 4.79 Å². The van der Waals surface area contributed by atoms with E-state index >= 15 is 0 Å². The monoisotopic (exact) mass is 293 g/mol. The molecule has 0 bridgehead atoms. The van der Waals surface area contributed by atoms with E-state index in [1.165, 1.54) is 19.2 Å². The molecule has 0 spiro atoms. The predicted molar refractivity (Wildman–Crippen MR) is 62.5 cm³/mol. The lowest BCUT2D eigenvalue weighted by molar-refractivity contribution is -0.203. The summed E-state index contributed by atoms with van der Waals surface area (Å²) in [5.41, 5.74) is -3.08. The minimum Gasteiger partial charge on any atom is -0.479 e. The van der Waals surface area contributed by atoms with Crippen LogP contribution in [-0.4, -0.2) is 28.7 Å². The molecule has 1 heterocycles. The third-order valence-corrected chi connectivity index (χ3v) is 3.15. The number of furan rings is 1. The van der Waals surface area contributed by atoms with E-state index < -0.39 is 23.6 Å². The highest BCUT2D eigenvalue weighted by atomic mass is 19.4. The molecular weight excluding hydrogens is 279 g/mol. The molecule has 0 fully saturated rings. The number of hydrogen-bond donors (Lipinski definition) is 2. The number of carbonyl (C=O) groups excluding carboxylic acids is 1. The van der Waals surface area contributed by atoms with Crippen molar-refractivity contribution in [3.8, 4) is 0 Å². The lowest BCUT2D eigenvalue weighted by atomic mass is 10.0. The van der Waals surface area contributed by atoms with Gasteiger partial charge < -0.3 is 14.8 Å². The number of carboxylic acid groups (broad SMARTS) is 1. The van der Waals surface area contributed by atoms with Crippen molar-refractivity contribution in [1.82, 2.24) is 5.32 Å². The van der Waals surface area contributed by atoms with Crippen molar-refractivity contribution in [3.63, 3.8) is 0 Å². The second kappa shape index (κ2) is 4.84. The number of alkyl halides is 3. The maximum atomic E-state index is 12.8. The molecule has 112 valence electrons. The number of nitrogens with one attached hydrogen (secondary N) is 1. The summed E-state index contributed by atoms with van der Waals surface area (Å²) in [7, 11) is 0. The number of amides is 1. The zero-order valence-electron chi connectivity index (χ0n) is 11.3. The SMILES string of the molecule is Cc1oc(C)c(C(=O)NC(C)(C(=O)O)C(F)(F)F)c1C. The number of halogens is 3. The van der Waals surface area contributed by atoms with Gasteiger partial charge in [-0.15, -0.1) is 0 Å². The van der Waals surface area contributed by atoms with Gasteiger partial charge in [0.1, 0.15) is 11.5 Å². The molecule has 1 unspecified atom stereocenters. The number of carbonyl (C=O) groups is 2. The summed E-state index contributed by atoms with van der Waals surface area (Å²) in [6.07, 6.45) is -5.13. The Bertz CT molecular complexity index is 562. The summed E-state index contributed by atoms with van der Waals surface area (Å²) in [4.78, 5) is 22.8. The topological polar surface area (TPSA) is 79.5 Å². The van der Waals surface area contributed by atoms with E-state index in [9.17, 15) is 22.8 Å². The number of rotatable bonds is 3. The van der Waals surface area contributed by atoms with Gasteiger partial charge in [-0.2, -0.15) is 13.2 Å². The Labute approximate surface area is 112 Å². The van der Waals surface area contributed by atoms with Crippen LogP contribution in [0.4, 0.5) is 13.2 Å². The zero-order valence-corrected chi connectivity index (χ0v) is 11.3. The summed E-state index contributed by atoms with van der Waals surface area (Å²) >= 11 is 0. The molecule has 5 nitrogen and oxygen atoms in total. The van der Waals surface area contributed by atoms with Crippen LogP contribution in [0.3, 0.4) is 0 Å². The third-order valence-electron chi connectivity index (χ3n) is 3.15. The second-order valence-electron chi connectivity index (χ2n) is 4.60. The largest absolute Gasteiger partial charge is 0.479 e. The van der Waals surface area contributed by atoms with Crippen molar-refractivity contribution in [2.24, 2.45) is 0 Å². The molecule has 1 rings (SSSR count). The van der Waals surface area contributed by atoms with Crippen molar-refractivity contribution in [3.05, 3.63) is 22.6 Å². The molecule has 2 N–H and O–H groups in total. The minimum absolute atomic E-state index is 0.0841. The fraction of sp³-hybridized carbons (Fsp3) is 0.500. The molecule has 1 aromatic rings. The maximum absolute atomic E-state index is 12.8. The standard InChI is InChI=1S/C12H14F3NO4/c1-5-6(2)20-7(3)8(5)9(17)16-11(4,10(18)19)12(13,14)15/h1-4H3,(H,16,17)(H,18,19). The highest BCUT2D eigenvalue weighted by Crippen LogP contribution is 2.31. The molecule has 0 aliphatic rings. The Morgan fingerprint density at radius 1 is 1.15 bits per heavy atom. The fourth-order valence-corrected chi connectivity index (χ4v) is 1.66. The molecular formula is C12H14F3NO4. The Balaban J connectivity index is 3.20. The van der Waals surface area contributed by atoms with Crippen LogP contribution >= 0.6 is 0 Å². The highest BCUT2D eigenvalue weighted by molar-refractivity contribution is 6.00. The van der Waals surface area contributed by atoms with Crippen LogP contribution in [0.2, 0.25) is 0 Å². The predicted octanol–water partition coefficient (Wildman–Crippen LogP) is 2.34. The summed E-state index contributed by atoms with van der Waals surface area (Å²) in [5, 5.41) is 10.3. The normalized spacial score (nSPS) is 14.8. The van der Waals surface area contributed by atoms with Crippen LogP contribution in [0, 0.1) is 20.8 Å².